The van der Waals surface area contributed by atoms with Crippen LogP contribution in [0.4, 0.5) is 0 Å². The van der Waals surface area contributed by atoms with Gasteiger partial charge in [-0.2, -0.15) is 0 Å². The van der Waals surface area contributed by atoms with Crippen LogP contribution in [-0.2, 0) is 15.1 Å². The molecule has 2 aliphatic rings. The zero-order valence-corrected chi connectivity index (χ0v) is 19.4. The number of hydrogen-bond acceptors (Lipinski definition) is 5. The Balaban J connectivity index is 1.58. The van der Waals surface area contributed by atoms with E-state index in [1.54, 1.807) is 6.07 Å². The summed E-state index contributed by atoms with van der Waals surface area (Å²) in [4.78, 5) is 13.7. The number of nitrogens with zero attached hydrogens (tertiary/aromatic N) is 2. The first kappa shape index (κ1) is 23.0. The molecule has 1 saturated heterocycles. The SMILES string of the molecule is CC(C[C@@H](OC(=O)C(O)(c1ccccc1)C1CCCC1)c1ccon1)[N+]1(C)CCCCC1. The molecule has 3 atom stereocenters. The highest BCUT2D eigenvalue weighted by atomic mass is 16.6. The van der Waals surface area contributed by atoms with Crippen LogP contribution in [0.5, 0.6) is 0 Å². The van der Waals surface area contributed by atoms with Crippen molar-refractivity contribution in [1.29, 1.82) is 0 Å². The molecule has 1 saturated carbocycles. The van der Waals surface area contributed by atoms with Crippen LogP contribution in [-0.4, -0.2) is 46.9 Å². The first-order valence-electron chi connectivity index (χ1n) is 12.2. The Bertz CT molecular complexity index is 857. The van der Waals surface area contributed by atoms with Crippen LogP contribution in [0.1, 0.15) is 75.7 Å². The van der Waals surface area contributed by atoms with Crippen LogP contribution in [0.15, 0.2) is 47.2 Å². The Morgan fingerprint density at radius 3 is 2.47 bits per heavy atom. The van der Waals surface area contributed by atoms with E-state index in [-0.39, 0.29) is 5.92 Å². The van der Waals surface area contributed by atoms with E-state index < -0.39 is 17.7 Å². The third-order valence-electron chi connectivity index (χ3n) is 7.97. The predicted octanol–water partition coefficient (Wildman–Crippen LogP) is 4.75. The Hall–Kier alpha value is -2.18. The molecule has 0 radical (unpaired) electrons. The first-order valence-corrected chi connectivity index (χ1v) is 12.2. The molecule has 1 N–H and O–H groups in total. The molecule has 0 spiro atoms. The van der Waals surface area contributed by atoms with Gasteiger partial charge in [-0.05, 0) is 44.6 Å². The van der Waals surface area contributed by atoms with Gasteiger partial charge in [0.25, 0.3) is 0 Å². The third-order valence-corrected chi connectivity index (χ3v) is 7.97. The van der Waals surface area contributed by atoms with E-state index in [0.717, 1.165) is 43.3 Å². The summed E-state index contributed by atoms with van der Waals surface area (Å²) in [6, 6.07) is 11.3. The van der Waals surface area contributed by atoms with E-state index in [1.807, 2.05) is 30.3 Å². The van der Waals surface area contributed by atoms with E-state index in [4.69, 9.17) is 9.26 Å². The second-order valence-electron chi connectivity index (χ2n) is 10.0. The summed E-state index contributed by atoms with van der Waals surface area (Å²) in [7, 11) is 2.30. The van der Waals surface area contributed by atoms with Gasteiger partial charge in [-0.25, -0.2) is 4.79 Å². The van der Waals surface area contributed by atoms with Gasteiger partial charge in [0.15, 0.2) is 11.7 Å². The lowest BCUT2D eigenvalue weighted by Crippen LogP contribution is -2.54. The van der Waals surface area contributed by atoms with Crippen molar-refractivity contribution in [2.45, 2.75) is 76.0 Å². The Morgan fingerprint density at radius 1 is 1.16 bits per heavy atom. The van der Waals surface area contributed by atoms with E-state index in [1.165, 1.54) is 25.5 Å². The van der Waals surface area contributed by atoms with Crippen LogP contribution >= 0.6 is 0 Å². The first-order chi connectivity index (χ1) is 15.4. The predicted molar refractivity (Wildman–Crippen MR) is 121 cm³/mol. The molecule has 1 aliphatic carbocycles. The highest BCUT2D eigenvalue weighted by Crippen LogP contribution is 2.43. The number of esters is 1. The molecular formula is C26H37N2O4+. The second kappa shape index (κ2) is 9.75. The summed E-state index contributed by atoms with van der Waals surface area (Å²) in [5, 5.41) is 15.9. The number of quaternary nitrogens is 1. The van der Waals surface area contributed by atoms with Crippen molar-refractivity contribution in [3.05, 3.63) is 53.9 Å². The average molecular weight is 442 g/mol. The number of hydrogen-bond donors (Lipinski definition) is 1. The maximum absolute atomic E-state index is 13.7. The largest absolute Gasteiger partial charge is 0.453 e. The van der Waals surface area contributed by atoms with E-state index >= 15 is 0 Å². The third kappa shape index (κ3) is 4.62. The fraction of sp³-hybridized carbons (Fsp3) is 0.615. The summed E-state index contributed by atoms with van der Waals surface area (Å²) < 4.78 is 12.2. The van der Waals surface area contributed by atoms with Crippen molar-refractivity contribution in [3.8, 4) is 0 Å². The van der Waals surface area contributed by atoms with Crippen molar-refractivity contribution in [2.75, 3.05) is 20.1 Å². The smallest absolute Gasteiger partial charge is 0.343 e. The number of aliphatic hydroxyl groups is 1. The van der Waals surface area contributed by atoms with Crippen LogP contribution in [0.3, 0.4) is 0 Å². The Morgan fingerprint density at radius 2 is 1.84 bits per heavy atom. The van der Waals surface area contributed by atoms with Crippen molar-refractivity contribution < 1.29 is 23.6 Å². The number of carbonyl (C=O) groups is 1. The molecule has 1 aliphatic heterocycles. The van der Waals surface area contributed by atoms with E-state index in [9.17, 15) is 9.90 Å². The number of ether oxygens (including phenoxy) is 1. The molecule has 1 aromatic heterocycles. The fourth-order valence-corrected chi connectivity index (χ4v) is 5.63. The lowest BCUT2D eigenvalue weighted by molar-refractivity contribution is -0.936. The molecule has 1 aromatic carbocycles. The van der Waals surface area contributed by atoms with Gasteiger partial charge in [-0.1, -0.05) is 48.3 Å². The minimum Gasteiger partial charge on any atom is -0.453 e. The summed E-state index contributed by atoms with van der Waals surface area (Å²) in [5.41, 5.74) is -0.429. The number of benzene rings is 1. The zero-order chi connectivity index (χ0) is 22.6. The Kier molecular flexibility index (Phi) is 7.01. The van der Waals surface area contributed by atoms with Crippen LogP contribution in [0, 0.1) is 5.92 Å². The molecule has 2 unspecified atom stereocenters. The summed E-state index contributed by atoms with van der Waals surface area (Å²) in [6.07, 6.45) is 9.02. The number of piperidine rings is 1. The highest BCUT2D eigenvalue weighted by Gasteiger charge is 2.49. The van der Waals surface area contributed by atoms with Crippen LogP contribution < -0.4 is 0 Å². The quantitative estimate of drug-likeness (QED) is 0.473. The molecule has 6 nitrogen and oxygen atoms in total. The topological polar surface area (TPSA) is 72.6 Å². The van der Waals surface area contributed by atoms with Gasteiger partial charge in [0, 0.05) is 18.4 Å². The molecule has 2 heterocycles. The van der Waals surface area contributed by atoms with Gasteiger partial charge in [0.2, 0.25) is 0 Å². The molecule has 0 amide bonds. The molecule has 6 heteroatoms. The van der Waals surface area contributed by atoms with Crippen molar-refractivity contribution >= 4 is 5.97 Å². The number of likely N-dealkylation sites (tertiary alicyclic amines) is 1. The van der Waals surface area contributed by atoms with Gasteiger partial charge < -0.3 is 18.8 Å². The maximum Gasteiger partial charge on any atom is 0.343 e. The molecule has 2 fully saturated rings. The van der Waals surface area contributed by atoms with Crippen molar-refractivity contribution in [1.82, 2.24) is 5.16 Å². The maximum atomic E-state index is 13.7. The standard InChI is InChI=1S/C26H37N2O4/c1-20(28(2)16-9-4-10-17-28)19-24(23-15-18-31-27-23)32-25(29)26(30,22-13-7-8-14-22)21-11-5-3-6-12-21/h3,5-6,11-12,15,18,20,22,24,30H,4,7-10,13-14,16-17,19H2,1-2H3/q+1/t20?,24-,26?/m1/s1. The fourth-order valence-electron chi connectivity index (χ4n) is 5.63. The number of carbonyl (C=O) groups excluding carboxylic acids is 1. The molecule has 2 aromatic rings. The van der Waals surface area contributed by atoms with E-state index in [2.05, 4.69) is 19.1 Å². The lowest BCUT2D eigenvalue weighted by Gasteiger charge is -2.43. The zero-order valence-electron chi connectivity index (χ0n) is 19.4. The molecule has 0 bridgehead atoms. The summed E-state index contributed by atoms with van der Waals surface area (Å²) in [6.45, 7) is 4.50. The molecule has 4 rings (SSSR count). The molecular weight excluding hydrogens is 404 g/mol. The van der Waals surface area contributed by atoms with Crippen LogP contribution in [0.2, 0.25) is 0 Å². The molecule has 32 heavy (non-hydrogen) atoms. The van der Waals surface area contributed by atoms with Gasteiger partial charge >= 0.3 is 5.97 Å². The van der Waals surface area contributed by atoms with Crippen LogP contribution in [0.25, 0.3) is 0 Å². The van der Waals surface area contributed by atoms with Gasteiger partial charge in [0.05, 0.1) is 26.2 Å². The minimum absolute atomic E-state index is 0.139. The van der Waals surface area contributed by atoms with Gasteiger partial charge in [-0.15, -0.1) is 0 Å². The second-order valence-corrected chi connectivity index (χ2v) is 10.0. The monoisotopic (exact) mass is 441 g/mol. The average Bonchev–Trinajstić information content (AvgIpc) is 3.54. The van der Waals surface area contributed by atoms with Gasteiger partial charge in [0.1, 0.15) is 12.0 Å². The number of aromatic nitrogens is 1. The normalized spacial score (nSPS) is 22.7. The summed E-state index contributed by atoms with van der Waals surface area (Å²) in [5.74, 6) is -0.712. The van der Waals surface area contributed by atoms with Crippen molar-refractivity contribution in [2.24, 2.45) is 5.92 Å². The highest BCUT2D eigenvalue weighted by molar-refractivity contribution is 5.81. The van der Waals surface area contributed by atoms with E-state index in [0.29, 0.717) is 23.7 Å². The Labute approximate surface area is 191 Å². The summed E-state index contributed by atoms with van der Waals surface area (Å²) >= 11 is 0. The van der Waals surface area contributed by atoms with Crippen molar-refractivity contribution in [3.63, 3.8) is 0 Å². The lowest BCUT2D eigenvalue weighted by atomic mass is 9.80. The minimum atomic E-state index is -1.65. The van der Waals surface area contributed by atoms with Gasteiger partial charge in [-0.3, -0.25) is 0 Å². The number of rotatable bonds is 8. The molecule has 174 valence electrons.